The van der Waals surface area contributed by atoms with Gasteiger partial charge in [-0.25, -0.2) is 0 Å². The van der Waals surface area contributed by atoms with Gasteiger partial charge in [0.1, 0.15) is 17.6 Å². The fourth-order valence-corrected chi connectivity index (χ4v) is 6.16. The molecule has 0 aliphatic carbocycles. The summed E-state index contributed by atoms with van der Waals surface area (Å²) in [7, 11) is 0. The van der Waals surface area contributed by atoms with E-state index in [4.69, 9.17) is 9.47 Å². The molecule has 0 radical (unpaired) electrons. The van der Waals surface area contributed by atoms with Gasteiger partial charge in [-0.1, -0.05) is 32.4 Å². The lowest BCUT2D eigenvalue weighted by Crippen LogP contribution is -2.56. The summed E-state index contributed by atoms with van der Waals surface area (Å²) < 4.78 is 12.2. The van der Waals surface area contributed by atoms with Gasteiger partial charge in [-0.05, 0) is 38.5 Å². The number of likely N-dealkylation sites (tertiary alicyclic amines) is 1. The van der Waals surface area contributed by atoms with Gasteiger partial charge in [0.15, 0.2) is 0 Å². The summed E-state index contributed by atoms with van der Waals surface area (Å²) in [5.41, 5.74) is -1.98. The molecule has 3 saturated heterocycles. The highest BCUT2D eigenvalue weighted by atomic mass is 16.6. The minimum Gasteiger partial charge on any atom is -0.465 e. The standard InChI is InChI=1S/C26H40N2O6/c1-6-9-13-27(12-8-3)23(31)21-26-17-18(4)25(5,34-26)20(24(32)33-16-10-7-2)19(26)22(30)28(21)14-11-15-29/h7-8,18-21,29H,2-3,6,9-17H2,1,4-5H3/t18?,19-,20-,21?,25+,26?/m0/s1. The average Bonchev–Trinajstić information content (AvgIpc) is 3.31. The highest BCUT2D eigenvalue weighted by molar-refractivity contribution is 5.98. The average molecular weight is 477 g/mol. The van der Waals surface area contributed by atoms with Crippen molar-refractivity contribution in [3.8, 4) is 0 Å². The molecule has 8 nitrogen and oxygen atoms in total. The number of carbonyl (C=O) groups is 3. The largest absolute Gasteiger partial charge is 0.465 e. The van der Waals surface area contributed by atoms with Gasteiger partial charge in [0.2, 0.25) is 11.8 Å². The van der Waals surface area contributed by atoms with Crippen LogP contribution in [0.15, 0.2) is 25.3 Å². The quantitative estimate of drug-likeness (QED) is 0.249. The third-order valence-corrected chi connectivity index (χ3v) is 7.87. The van der Waals surface area contributed by atoms with E-state index in [-0.39, 0.29) is 37.5 Å². The van der Waals surface area contributed by atoms with Gasteiger partial charge < -0.3 is 24.4 Å². The summed E-state index contributed by atoms with van der Waals surface area (Å²) in [4.78, 5) is 44.4. The van der Waals surface area contributed by atoms with Crippen molar-refractivity contribution in [1.29, 1.82) is 0 Å². The summed E-state index contributed by atoms with van der Waals surface area (Å²) in [5, 5.41) is 9.46. The Morgan fingerprint density at radius 3 is 2.68 bits per heavy atom. The number of aliphatic hydroxyl groups excluding tert-OH is 1. The number of fused-ring (bicyclic) bond motifs is 1. The third-order valence-electron chi connectivity index (χ3n) is 7.87. The third kappa shape index (κ3) is 4.19. The van der Waals surface area contributed by atoms with Crippen LogP contribution in [0.25, 0.3) is 0 Å². The Labute approximate surface area is 202 Å². The minimum absolute atomic E-state index is 0.0370. The van der Waals surface area contributed by atoms with Crippen LogP contribution in [0.1, 0.15) is 52.9 Å². The molecule has 1 spiro atoms. The second kappa shape index (κ2) is 10.6. The summed E-state index contributed by atoms with van der Waals surface area (Å²) in [6.07, 6.45) is 6.50. The van der Waals surface area contributed by atoms with E-state index in [0.717, 1.165) is 12.8 Å². The van der Waals surface area contributed by atoms with Crippen LogP contribution in [-0.4, -0.2) is 82.8 Å². The van der Waals surface area contributed by atoms with Crippen molar-refractivity contribution in [3.63, 3.8) is 0 Å². The molecule has 3 fully saturated rings. The van der Waals surface area contributed by atoms with Gasteiger partial charge in [0, 0.05) is 26.2 Å². The molecule has 3 heterocycles. The van der Waals surface area contributed by atoms with E-state index >= 15 is 0 Å². The molecule has 8 heteroatoms. The van der Waals surface area contributed by atoms with Gasteiger partial charge >= 0.3 is 5.97 Å². The van der Waals surface area contributed by atoms with Crippen LogP contribution < -0.4 is 0 Å². The maximum atomic E-state index is 14.0. The van der Waals surface area contributed by atoms with Gasteiger partial charge in [-0.3, -0.25) is 14.4 Å². The molecule has 6 atom stereocenters. The predicted molar refractivity (Wildman–Crippen MR) is 128 cm³/mol. The van der Waals surface area contributed by atoms with Crippen LogP contribution in [0.2, 0.25) is 0 Å². The predicted octanol–water partition coefficient (Wildman–Crippen LogP) is 2.31. The number of ether oxygens (including phenoxy) is 2. The van der Waals surface area contributed by atoms with Crippen molar-refractivity contribution >= 4 is 17.8 Å². The molecule has 2 amide bonds. The molecule has 3 unspecified atom stereocenters. The van der Waals surface area contributed by atoms with Crippen molar-refractivity contribution in [3.05, 3.63) is 25.3 Å². The van der Waals surface area contributed by atoms with Crippen molar-refractivity contribution in [2.45, 2.75) is 70.1 Å². The molecule has 34 heavy (non-hydrogen) atoms. The molecule has 0 aromatic rings. The van der Waals surface area contributed by atoms with E-state index < -0.39 is 35.0 Å². The molecular weight excluding hydrogens is 436 g/mol. The van der Waals surface area contributed by atoms with Crippen LogP contribution >= 0.6 is 0 Å². The molecule has 0 aromatic heterocycles. The van der Waals surface area contributed by atoms with Crippen LogP contribution in [0.3, 0.4) is 0 Å². The Balaban J connectivity index is 2.03. The number of esters is 1. The fraction of sp³-hybridized carbons (Fsp3) is 0.731. The first-order valence-corrected chi connectivity index (χ1v) is 12.5. The lowest BCUT2D eigenvalue weighted by Gasteiger charge is -2.37. The summed E-state index contributed by atoms with van der Waals surface area (Å²) in [6.45, 7) is 14.6. The van der Waals surface area contributed by atoms with Crippen LogP contribution in [0.5, 0.6) is 0 Å². The number of hydrogen-bond donors (Lipinski definition) is 1. The highest BCUT2D eigenvalue weighted by Crippen LogP contribution is 2.65. The Hall–Kier alpha value is -2.19. The molecule has 3 aliphatic heterocycles. The number of aliphatic hydroxyl groups is 1. The molecule has 3 aliphatic rings. The van der Waals surface area contributed by atoms with E-state index in [2.05, 4.69) is 20.1 Å². The van der Waals surface area contributed by atoms with Gasteiger partial charge in [-0.15, -0.1) is 13.2 Å². The molecule has 1 N–H and O–H groups in total. The van der Waals surface area contributed by atoms with Gasteiger partial charge in [0.25, 0.3) is 0 Å². The highest BCUT2D eigenvalue weighted by Gasteiger charge is 2.80. The fourth-order valence-electron chi connectivity index (χ4n) is 6.16. The Morgan fingerprint density at radius 1 is 1.32 bits per heavy atom. The van der Waals surface area contributed by atoms with Crippen molar-refractivity contribution in [2.24, 2.45) is 17.8 Å². The van der Waals surface area contributed by atoms with Gasteiger partial charge in [-0.2, -0.15) is 0 Å². The van der Waals surface area contributed by atoms with Crippen LogP contribution in [0, 0.1) is 17.8 Å². The molecule has 2 bridgehead atoms. The monoisotopic (exact) mass is 476 g/mol. The first-order valence-electron chi connectivity index (χ1n) is 12.5. The van der Waals surface area contributed by atoms with Crippen molar-refractivity contribution < 1.29 is 29.0 Å². The van der Waals surface area contributed by atoms with E-state index in [1.165, 1.54) is 0 Å². The van der Waals surface area contributed by atoms with Crippen LogP contribution in [0.4, 0.5) is 0 Å². The topological polar surface area (TPSA) is 96.4 Å². The first-order chi connectivity index (χ1) is 16.2. The zero-order chi connectivity index (χ0) is 25.1. The maximum absolute atomic E-state index is 14.0. The van der Waals surface area contributed by atoms with E-state index in [0.29, 0.717) is 32.4 Å². The van der Waals surface area contributed by atoms with E-state index in [1.807, 2.05) is 13.8 Å². The number of hydrogen-bond acceptors (Lipinski definition) is 6. The van der Waals surface area contributed by atoms with Crippen molar-refractivity contribution in [2.75, 3.05) is 32.8 Å². The van der Waals surface area contributed by atoms with Gasteiger partial charge in [0.05, 0.1) is 18.1 Å². The summed E-state index contributed by atoms with van der Waals surface area (Å²) >= 11 is 0. The first kappa shape index (κ1) is 26.4. The van der Waals surface area contributed by atoms with Crippen molar-refractivity contribution in [1.82, 2.24) is 9.80 Å². The minimum atomic E-state index is -1.09. The van der Waals surface area contributed by atoms with Crippen LogP contribution in [-0.2, 0) is 23.9 Å². The molecule has 3 rings (SSSR count). The number of carbonyl (C=O) groups excluding carboxylic acids is 3. The lowest BCUT2D eigenvalue weighted by atomic mass is 9.62. The number of amides is 2. The molecular formula is C26H40N2O6. The van der Waals surface area contributed by atoms with E-state index in [9.17, 15) is 19.5 Å². The Bertz CT molecular complexity index is 815. The maximum Gasteiger partial charge on any atom is 0.312 e. The summed E-state index contributed by atoms with van der Waals surface area (Å²) in [6, 6.07) is -0.844. The Morgan fingerprint density at radius 2 is 2.06 bits per heavy atom. The van der Waals surface area contributed by atoms with E-state index in [1.54, 1.807) is 22.0 Å². The lowest BCUT2D eigenvalue weighted by molar-refractivity contribution is -0.162. The molecule has 190 valence electrons. The normalized spacial score (nSPS) is 33.6. The number of rotatable bonds is 13. The number of unbranched alkanes of at least 4 members (excludes halogenated alkanes) is 1. The second-order valence-corrected chi connectivity index (χ2v) is 9.98. The number of nitrogens with zero attached hydrogens (tertiary/aromatic N) is 2. The molecule has 0 aromatic carbocycles. The smallest absolute Gasteiger partial charge is 0.312 e. The molecule has 0 saturated carbocycles. The SMILES string of the molecule is C=CCCOC(=O)[C@@H]1[C@H]2C(=O)N(CCCO)C(C(=O)N(CC=C)CCCC)C23CC(C)[C@@]1(C)O3. The summed E-state index contributed by atoms with van der Waals surface area (Å²) in [5.74, 6) is -2.51. The Kier molecular flexibility index (Phi) is 8.24. The zero-order valence-electron chi connectivity index (χ0n) is 20.8. The second-order valence-electron chi connectivity index (χ2n) is 9.98. The zero-order valence-corrected chi connectivity index (χ0v) is 20.8.